The van der Waals surface area contributed by atoms with Gasteiger partial charge in [-0.05, 0) is 32.0 Å². The number of rotatable bonds is 5. The highest BCUT2D eigenvalue weighted by Crippen LogP contribution is 2.34. The van der Waals surface area contributed by atoms with E-state index in [0.29, 0.717) is 0 Å². The second-order valence-corrected chi connectivity index (χ2v) is 5.66. The van der Waals surface area contributed by atoms with Crippen molar-refractivity contribution in [3.8, 4) is 0 Å². The Morgan fingerprint density at radius 3 is 2.29 bits per heavy atom. The van der Waals surface area contributed by atoms with Crippen LogP contribution in [0.1, 0.15) is 25.0 Å². The quantitative estimate of drug-likeness (QED) is 0.727. The molecule has 0 aliphatic heterocycles. The molecule has 0 aliphatic carbocycles. The summed E-state index contributed by atoms with van der Waals surface area (Å²) in [5.41, 5.74) is 8.66. The second kappa shape index (κ2) is 5.88. The largest absolute Gasteiger partial charge is 0.417 e. The van der Waals surface area contributed by atoms with E-state index < -0.39 is 23.1 Å². The van der Waals surface area contributed by atoms with E-state index in [0.717, 1.165) is 6.07 Å². The lowest BCUT2D eigenvalue weighted by Crippen LogP contribution is -2.37. The fraction of sp³-hybridized carbons (Fsp3) is 0.385. The number of halogens is 3. The van der Waals surface area contributed by atoms with E-state index in [2.05, 4.69) is 17.5 Å². The average Bonchev–Trinajstić information content (AvgIpc) is 2.34. The van der Waals surface area contributed by atoms with Crippen molar-refractivity contribution in [2.45, 2.75) is 20.0 Å². The van der Waals surface area contributed by atoms with Gasteiger partial charge in [-0.25, -0.2) is 0 Å². The third-order valence-electron chi connectivity index (χ3n) is 2.99. The highest BCUT2D eigenvalue weighted by molar-refractivity contribution is 7.80. The first-order chi connectivity index (χ1) is 9.45. The maximum absolute atomic E-state index is 13.0. The Labute approximate surface area is 125 Å². The van der Waals surface area contributed by atoms with Crippen molar-refractivity contribution in [1.82, 2.24) is 0 Å². The monoisotopic (exact) mass is 319 g/mol. The molecule has 8 heteroatoms. The van der Waals surface area contributed by atoms with Gasteiger partial charge in [-0.2, -0.15) is 13.2 Å². The number of anilines is 1. The van der Waals surface area contributed by atoms with E-state index in [1.807, 2.05) is 0 Å². The number of benzene rings is 1. The molecule has 4 nitrogen and oxygen atoms in total. The van der Waals surface area contributed by atoms with Gasteiger partial charge in [0, 0.05) is 17.8 Å². The maximum Gasteiger partial charge on any atom is 0.417 e. The first-order valence-corrected chi connectivity index (χ1v) is 6.41. The molecule has 1 aromatic rings. The number of nitrogens with one attached hydrogen (secondary N) is 1. The Kier molecular flexibility index (Phi) is 4.83. The van der Waals surface area contributed by atoms with Crippen LogP contribution in [-0.4, -0.2) is 17.4 Å². The molecule has 0 fully saturated rings. The summed E-state index contributed by atoms with van der Waals surface area (Å²) in [6, 6.07) is 3.52. The van der Waals surface area contributed by atoms with E-state index in [1.54, 1.807) is 13.8 Å². The third kappa shape index (κ3) is 4.32. The average molecular weight is 319 g/mol. The van der Waals surface area contributed by atoms with Crippen LogP contribution < -0.4 is 16.8 Å². The fourth-order valence-electron chi connectivity index (χ4n) is 1.51. The summed E-state index contributed by atoms with van der Waals surface area (Å²) < 4.78 is 38.9. The number of carbonyl (C=O) groups excluding carboxylic acids is 1. The predicted molar refractivity (Wildman–Crippen MR) is 78.8 cm³/mol. The molecule has 0 saturated carbocycles. The van der Waals surface area contributed by atoms with Crippen LogP contribution in [0.5, 0.6) is 0 Å². The standard InChI is InChI=1S/C13H16F3N3OS/c1-12(2,11(18)20)6-19-7-3-4-8(10(17)21)9(5-7)13(14,15)16/h3-5,19H,6H2,1-2H3,(H2,17,21)(H2,18,20). The lowest BCUT2D eigenvalue weighted by Gasteiger charge is -2.22. The Morgan fingerprint density at radius 2 is 1.86 bits per heavy atom. The van der Waals surface area contributed by atoms with E-state index in [4.69, 9.17) is 11.5 Å². The van der Waals surface area contributed by atoms with Crippen molar-refractivity contribution in [2.24, 2.45) is 16.9 Å². The van der Waals surface area contributed by atoms with Gasteiger partial charge in [-0.1, -0.05) is 12.2 Å². The van der Waals surface area contributed by atoms with Gasteiger partial charge >= 0.3 is 6.18 Å². The summed E-state index contributed by atoms with van der Waals surface area (Å²) in [6.07, 6.45) is -4.57. The van der Waals surface area contributed by atoms with E-state index in [1.165, 1.54) is 12.1 Å². The van der Waals surface area contributed by atoms with Gasteiger partial charge in [-0.15, -0.1) is 0 Å². The number of carbonyl (C=O) groups is 1. The van der Waals surface area contributed by atoms with Gasteiger partial charge in [0.25, 0.3) is 0 Å². The van der Waals surface area contributed by atoms with Crippen LogP contribution in [0.2, 0.25) is 0 Å². The number of nitrogens with two attached hydrogens (primary N) is 2. The summed E-state index contributed by atoms with van der Waals surface area (Å²) in [6.45, 7) is 3.29. The molecule has 0 radical (unpaired) electrons. The second-order valence-electron chi connectivity index (χ2n) is 5.22. The van der Waals surface area contributed by atoms with Gasteiger partial charge in [0.1, 0.15) is 4.99 Å². The minimum absolute atomic E-state index is 0.103. The van der Waals surface area contributed by atoms with Crippen molar-refractivity contribution in [3.05, 3.63) is 29.3 Å². The number of hydrogen-bond acceptors (Lipinski definition) is 3. The van der Waals surface area contributed by atoms with E-state index in [9.17, 15) is 18.0 Å². The zero-order valence-corrected chi connectivity index (χ0v) is 12.4. The van der Waals surface area contributed by atoms with Crippen molar-refractivity contribution < 1.29 is 18.0 Å². The molecule has 5 N–H and O–H groups in total. The molecule has 0 unspecified atom stereocenters. The minimum Gasteiger partial charge on any atom is -0.389 e. The molecule has 0 aliphatic rings. The van der Waals surface area contributed by atoms with Crippen molar-refractivity contribution >= 4 is 28.8 Å². The molecular formula is C13H16F3N3OS. The van der Waals surface area contributed by atoms with Gasteiger partial charge in [0.15, 0.2) is 0 Å². The summed E-state index contributed by atoms with van der Waals surface area (Å²) in [5, 5.41) is 2.76. The maximum atomic E-state index is 13.0. The van der Waals surface area contributed by atoms with Gasteiger partial charge in [0.2, 0.25) is 5.91 Å². The topological polar surface area (TPSA) is 81.1 Å². The molecule has 0 heterocycles. The first-order valence-electron chi connectivity index (χ1n) is 6.00. The molecule has 0 aromatic heterocycles. The zero-order valence-electron chi connectivity index (χ0n) is 11.5. The molecule has 0 spiro atoms. The SMILES string of the molecule is CC(C)(CNc1ccc(C(N)=S)c(C(F)(F)F)c1)C(N)=O. The molecule has 1 aromatic carbocycles. The van der Waals surface area contributed by atoms with E-state index in [-0.39, 0.29) is 22.8 Å². The first kappa shape index (κ1) is 17.2. The van der Waals surface area contributed by atoms with Gasteiger partial charge < -0.3 is 16.8 Å². The molecule has 116 valence electrons. The van der Waals surface area contributed by atoms with Crippen LogP contribution in [0.25, 0.3) is 0 Å². The summed E-state index contributed by atoms with van der Waals surface area (Å²) in [4.78, 5) is 10.9. The third-order valence-corrected chi connectivity index (χ3v) is 3.21. The molecule has 1 rings (SSSR count). The van der Waals surface area contributed by atoms with Gasteiger partial charge in [0.05, 0.1) is 11.0 Å². The molecule has 0 atom stereocenters. The highest BCUT2D eigenvalue weighted by Gasteiger charge is 2.34. The van der Waals surface area contributed by atoms with Crippen LogP contribution in [0.15, 0.2) is 18.2 Å². The van der Waals surface area contributed by atoms with Crippen molar-refractivity contribution in [3.63, 3.8) is 0 Å². The Hall–Kier alpha value is -1.83. The summed E-state index contributed by atoms with van der Waals surface area (Å²) in [5.74, 6) is -0.550. The van der Waals surface area contributed by atoms with Crippen molar-refractivity contribution in [1.29, 1.82) is 0 Å². The van der Waals surface area contributed by atoms with E-state index >= 15 is 0 Å². The fourth-order valence-corrected chi connectivity index (χ4v) is 1.69. The molecule has 0 bridgehead atoms. The zero-order chi connectivity index (χ0) is 16.4. The molecule has 0 saturated heterocycles. The van der Waals surface area contributed by atoms with Crippen LogP contribution in [0.3, 0.4) is 0 Å². The van der Waals surface area contributed by atoms with Crippen LogP contribution >= 0.6 is 12.2 Å². The number of alkyl halides is 3. The van der Waals surface area contributed by atoms with Gasteiger partial charge in [-0.3, -0.25) is 4.79 Å². The lowest BCUT2D eigenvalue weighted by atomic mass is 9.92. The summed E-state index contributed by atoms with van der Waals surface area (Å²) in [7, 11) is 0. The smallest absolute Gasteiger partial charge is 0.389 e. The normalized spacial score (nSPS) is 12.0. The number of thiocarbonyl (C=S) groups is 1. The molecular weight excluding hydrogens is 303 g/mol. The Balaban J connectivity index is 3.07. The Morgan fingerprint density at radius 1 is 1.29 bits per heavy atom. The molecule has 21 heavy (non-hydrogen) atoms. The molecule has 1 amide bonds. The minimum atomic E-state index is -4.57. The highest BCUT2D eigenvalue weighted by atomic mass is 32.1. The summed E-state index contributed by atoms with van der Waals surface area (Å²) >= 11 is 4.62. The Bertz CT molecular complexity index is 570. The predicted octanol–water partition coefficient (Wildman–Crippen LogP) is 2.26. The van der Waals surface area contributed by atoms with Crippen LogP contribution in [0, 0.1) is 5.41 Å². The number of hydrogen-bond donors (Lipinski definition) is 3. The van der Waals surface area contributed by atoms with Crippen LogP contribution in [0.4, 0.5) is 18.9 Å². The lowest BCUT2D eigenvalue weighted by molar-refractivity contribution is -0.137. The van der Waals surface area contributed by atoms with Crippen LogP contribution in [-0.2, 0) is 11.0 Å². The number of primary amides is 1. The van der Waals surface area contributed by atoms with Crippen molar-refractivity contribution in [2.75, 3.05) is 11.9 Å². The number of amides is 1.